The van der Waals surface area contributed by atoms with E-state index in [9.17, 15) is 26.7 Å². The number of halogens is 5. The molecule has 1 amide bonds. The summed E-state index contributed by atoms with van der Waals surface area (Å²) < 4.78 is 66.1. The summed E-state index contributed by atoms with van der Waals surface area (Å²) in [5.74, 6) is -3.17. The topological polar surface area (TPSA) is 58.1 Å². The maximum absolute atomic E-state index is 13.7. The second-order valence-corrected chi connectivity index (χ2v) is 7.97. The summed E-state index contributed by atoms with van der Waals surface area (Å²) in [4.78, 5) is 22.4. The highest BCUT2D eigenvalue weighted by Gasteiger charge is 2.37. The number of nitrogens with one attached hydrogen (secondary N) is 1. The molecule has 1 fully saturated rings. The van der Waals surface area contributed by atoms with Crippen LogP contribution in [0.25, 0.3) is 10.9 Å². The van der Waals surface area contributed by atoms with Crippen molar-refractivity contribution in [2.24, 2.45) is 0 Å². The number of likely N-dealkylation sites (tertiary alicyclic amines) is 1. The van der Waals surface area contributed by atoms with E-state index in [0.717, 1.165) is 12.3 Å². The second kappa shape index (κ2) is 9.01. The molecule has 1 unspecified atom stereocenters. The largest absolute Gasteiger partial charge is 0.433 e. The molecule has 3 aromatic rings. The highest BCUT2D eigenvalue weighted by atomic mass is 19.4. The number of amides is 1. The number of rotatable bonds is 5. The van der Waals surface area contributed by atoms with E-state index in [2.05, 4.69) is 15.3 Å². The van der Waals surface area contributed by atoms with Crippen molar-refractivity contribution >= 4 is 16.8 Å². The molecule has 0 radical (unpaired) electrons. The van der Waals surface area contributed by atoms with E-state index in [1.807, 2.05) is 0 Å². The van der Waals surface area contributed by atoms with E-state index in [4.69, 9.17) is 0 Å². The normalized spacial score (nSPS) is 17.6. The average Bonchev–Trinajstić information content (AvgIpc) is 2.79. The molecule has 1 saturated heterocycles. The van der Waals surface area contributed by atoms with Crippen LogP contribution < -0.4 is 5.32 Å². The molecule has 0 saturated carbocycles. The fraction of sp³-hybridized carbons (Fsp3) is 0.348. The Morgan fingerprint density at radius 3 is 2.48 bits per heavy atom. The lowest BCUT2D eigenvalue weighted by molar-refractivity contribution is -0.141. The summed E-state index contributed by atoms with van der Waals surface area (Å²) in [6.45, 7) is 0.119. The van der Waals surface area contributed by atoms with E-state index in [1.165, 1.54) is 6.07 Å². The predicted molar refractivity (Wildman–Crippen MR) is 112 cm³/mol. The van der Waals surface area contributed by atoms with Crippen LogP contribution in [0.4, 0.5) is 22.0 Å². The van der Waals surface area contributed by atoms with Gasteiger partial charge in [0.1, 0.15) is 5.69 Å². The van der Waals surface area contributed by atoms with Gasteiger partial charge in [0.2, 0.25) is 0 Å². The smallest absolute Gasteiger partial charge is 0.350 e. The van der Waals surface area contributed by atoms with E-state index in [0.29, 0.717) is 22.0 Å². The third-order valence-corrected chi connectivity index (χ3v) is 5.78. The van der Waals surface area contributed by atoms with Gasteiger partial charge >= 0.3 is 6.18 Å². The number of carbonyl (C=O) groups excluding carboxylic acids is 1. The fourth-order valence-electron chi connectivity index (χ4n) is 3.98. The lowest BCUT2D eigenvalue weighted by atomic mass is 10.0. The first-order valence-electron chi connectivity index (χ1n) is 10.4. The number of aromatic nitrogens is 2. The molecule has 0 bridgehead atoms. The van der Waals surface area contributed by atoms with Crippen LogP contribution in [0.1, 0.15) is 40.5 Å². The summed E-state index contributed by atoms with van der Waals surface area (Å²) in [6.07, 6.45) is -2.60. The molecule has 174 valence electrons. The molecule has 0 aliphatic carbocycles. The first-order valence-corrected chi connectivity index (χ1v) is 10.4. The molecule has 2 aromatic heterocycles. The van der Waals surface area contributed by atoms with Gasteiger partial charge in [-0.3, -0.25) is 19.7 Å². The van der Waals surface area contributed by atoms with Crippen LogP contribution in [-0.4, -0.2) is 46.3 Å². The van der Waals surface area contributed by atoms with Gasteiger partial charge in [0.25, 0.3) is 11.8 Å². The molecule has 1 atom stereocenters. The zero-order valence-corrected chi connectivity index (χ0v) is 17.4. The number of hydrogen-bond donors (Lipinski definition) is 1. The zero-order valence-electron chi connectivity index (χ0n) is 17.4. The van der Waals surface area contributed by atoms with Crippen molar-refractivity contribution in [1.29, 1.82) is 0 Å². The summed E-state index contributed by atoms with van der Waals surface area (Å²) in [5, 5.41) is 3.46. The van der Waals surface area contributed by atoms with Crippen LogP contribution in [0, 0.1) is 0 Å². The van der Waals surface area contributed by atoms with Crippen molar-refractivity contribution in [1.82, 2.24) is 20.2 Å². The molecule has 1 aliphatic rings. The Morgan fingerprint density at radius 1 is 1.06 bits per heavy atom. The molecule has 1 aromatic carbocycles. The van der Waals surface area contributed by atoms with Crippen molar-refractivity contribution < 1.29 is 26.7 Å². The van der Waals surface area contributed by atoms with Gasteiger partial charge in [-0.25, -0.2) is 8.78 Å². The predicted octanol–water partition coefficient (Wildman–Crippen LogP) is 4.85. The van der Waals surface area contributed by atoms with Gasteiger partial charge in [0.15, 0.2) is 0 Å². The summed E-state index contributed by atoms with van der Waals surface area (Å²) in [6, 6.07) is 10.1. The first-order chi connectivity index (χ1) is 15.6. The monoisotopic (exact) mass is 464 g/mol. The number of carbonyl (C=O) groups is 1. The van der Waals surface area contributed by atoms with Gasteiger partial charge in [-0.15, -0.1) is 0 Å². The fourth-order valence-corrected chi connectivity index (χ4v) is 3.98. The van der Waals surface area contributed by atoms with Crippen molar-refractivity contribution in [3.05, 3.63) is 71.7 Å². The van der Waals surface area contributed by atoms with Crippen LogP contribution in [0.5, 0.6) is 0 Å². The Hall–Kier alpha value is -3.14. The number of benzene rings is 1. The Labute approximate surface area is 186 Å². The Balaban J connectivity index is 1.56. The number of alkyl halides is 5. The number of fused-ring (bicyclic) bond motifs is 1. The Bertz CT molecular complexity index is 1120. The summed E-state index contributed by atoms with van der Waals surface area (Å²) in [5.41, 5.74) is 0.414. The van der Waals surface area contributed by atoms with Crippen LogP contribution in [-0.2, 0) is 6.18 Å². The van der Waals surface area contributed by atoms with Crippen LogP contribution in [0.2, 0.25) is 0 Å². The molecule has 4 rings (SSSR count). The van der Waals surface area contributed by atoms with Crippen molar-refractivity contribution in [3.8, 4) is 0 Å². The molecule has 33 heavy (non-hydrogen) atoms. The van der Waals surface area contributed by atoms with Gasteiger partial charge in [-0.1, -0.05) is 18.2 Å². The number of nitrogens with zero attached hydrogens (tertiary/aromatic N) is 3. The third kappa shape index (κ3) is 5.27. The van der Waals surface area contributed by atoms with Crippen molar-refractivity contribution in [2.45, 2.75) is 31.0 Å². The minimum Gasteiger partial charge on any atom is -0.350 e. The van der Waals surface area contributed by atoms with E-state index >= 15 is 0 Å². The molecular weight excluding hydrogens is 443 g/mol. The minimum atomic E-state index is -4.59. The number of piperidine rings is 1. The number of hydrogen-bond acceptors (Lipinski definition) is 4. The highest BCUT2D eigenvalue weighted by molar-refractivity contribution is 6.06. The van der Waals surface area contributed by atoms with E-state index in [-0.39, 0.29) is 38.4 Å². The Kier molecular flexibility index (Phi) is 6.29. The van der Waals surface area contributed by atoms with Gasteiger partial charge < -0.3 is 5.32 Å². The van der Waals surface area contributed by atoms with E-state index in [1.54, 1.807) is 41.4 Å². The third-order valence-electron chi connectivity index (χ3n) is 5.78. The van der Waals surface area contributed by atoms with Crippen molar-refractivity contribution in [2.75, 3.05) is 19.6 Å². The molecule has 1 aliphatic heterocycles. The molecule has 0 spiro atoms. The minimum absolute atomic E-state index is 0.0219. The quantitative estimate of drug-likeness (QED) is 0.549. The molecule has 10 heteroatoms. The standard InChI is InChI=1S/C23H21F5N4O/c24-22(25)8-11-32(12-9-22)19(15-6-7-20(30-13-15)23(26,27)28)14-31-21(33)17-3-1-5-18-16(17)4-2-10-29-18/h1-7,10,13,19H,8-9,11-12,14H2,(H,31,33). The molecule has 3 heterocycles. The SMILES string of the molecule is O=C(NCC(c1ccc(C(F)(F)F)nc1)N1CCC(F)(F)CC1)c1cccc2ncccc12. The second-order valence-electron chi connectivity index (χ2n) is 7.97. The molecule has 1 N–H and O–H groups in total. The van der Waals surface area contributed by atoms with Gasteiger partial charge in [-0.05, 0) is 29.8 Å². The van der Waals surface area contributed by atoms with E-state index < -0.39 is 23.8 Å². The lowest BCUT2D eigenvalue weighted by Gasteiger charge is -2.37. The summed E-state index contributed by atoms with van der Waals surface area (Å²) in [7, 11) is 0. The number of pyridine rings is 2. The van der Waals surface area contributed by atoms with Crippen LogP contribution in [0.15, 0.2) is 54.9 Å². The lowest BCUT2D eigenvalue weighted by Crippen LogP contribution is -2.45. The van der Waals surface area contributed by atoms with Gasteiger partial charge in [0.05, 0.1) is 11.6 Å². The average molecular weight is 464 g/mol. The van der Waals surface area contributed by atoms with Gasteiger partial charge in [0, 0.05) is 55.8 Å². The molecular formula is C23H21F5N4O. The summed E-state index contributed by atoms with van der Waals surface area (Å²) >= 11 is 0. The van der Waals surface area contributed by atoms with Crippen LogP contribution >= 0.6 is 0 Å². The maximum Gasteiger partial charge on any atom is 0.433 e. The zero-order chi connectivity index (χ0) is 23.6. The van der Waals surface area contributed by atoms with Crippen molar-refractivity contribution in [3.63, 3.8) is 0 Å². The molecule has 5 nitrogen and oxygen atoms in total. The Morgan fingerprint density at radius 2 is 1.82 bits per heavy atom. The van der Waals surface area contributed by atoms with Crippen LogP contribution in [0.3, 0.4) is 0 Å². The van der Waals surface area contributed by atoms with Gasteiger partial charge in [-0.2, -0.15) is 13.2 Å². The first kappa shape index (κ1) is 23.0. The maximum atomic E-state index is 13.7. The highest BCUT2D eigenvalue weighted by Crippen LogP contribution is 2.33.